The molecule has 2 aliphatic rings. The quantitative estimate of drug-likeness (QED) is 0.866. The molecule has 2 heterocycles. The number of fused-ring (bicyclic) bond motifs is 1. The van der Waals surface area contributed by atoms with Gasteiger partial charge in [0.15, 0.2) is 0 Å². The molecular weight excluding hydrogens is 292 g/mol. The average molecular weight is 315 g/mol. The summed E-state index contributed by atoms with van der Waals surface area (Å²) in [4.78, 5) is 16.2. The minimum absolute atomic E-state index is 0. The molecule has 1 amide bonds. The third-order valence-corrected chi connectivity index (χ3v) is 5.63. The van der Waals surface area contributed by atoms with Crippen molar-refractivity contribution in [1.82, 2.24) is 4.90 Å². The Hall–Kier alpha value is -0.580. The summed E-state index contributed by atoms with van der Waals surface area (Å²) in [6, 6.07) is 2.41. The maximum atomic E-state index is 12.8. The van der Waals surface area contributed by atoms with Crippen molar-refractivity contribution in [3.05, 3.63) is 21.9 Å². The van der Waals surface area contributed by atoms with Crippen LogP contribution in [0.3, 0.4) is 0 Å². The predicted molar refractivity (Wildman–Crippen MR) is 85.6 cm³/mol. The van der Waals surface area contributed by atoms with Gasteiger partial charge in [-0.3, -0.25) is 4.79 Å². The molecule has 0 aromatic carbocycles. The number of hydrogen-bond acceptors (Lipinski definition) is 3. The fourth-order valence-corrected chi connectivity index (χ4v) is 4.31. The number of hydrogen-bond donors (Lipinski definition) is 1. The van der Waals surface area contributed by atoms with Crippen molar-refractivity contribution < 1.29 is 4.79 Å². The van der Waals surface area contributed by atoms with Crippen LogP contribution in [0.2, 0.25) is 0 Å². The van der Waals surface area contributed by atoms with Crippen molar-refractivity contribution >= 4 is 29.7 Å². The van der Waals surface area contributed by atoms with Gasteiger partial charge in [0.05, 0.1) is 5.92 Å². The Bertz CT molecular complexity index is 476. The standard InChI is InChI=1S/C15H22N2OS.ClH/c1-10-9-17(7-5-13(10)16)15(18)12-3-2-4-14-11(12)6-8-19-14;/h6,8,10,12-13H,2-5,7,9,16H2,1H3;1H. The SMILES string of the molecule is CC1CN(C(=O)C2CCCc3sccc32)CCC1N.Cl. The Morgan fingerprint density at radius 2 is 2.25 bits per heavy atom. The lowest BCUT2D eigenvalue weighted by Gasteiger charge is -2.37. The molecule has 5 heteroatoms. The van der Waals surface area contributed by atoms with E-state index < -0.39 is 0 Å². The monoisotopic (exact) mass is 314 g/mol. The van der Waals surface area contributed by atoms with E-state index in [1.54, 1.807) is 11.3 Å². The second kappa shape index (κ2) is 6.46. The Balaban J connectivity index is 0.00000147. The molecule has 1 aliphatic carbocycles. The molecule has 3 nitrogen and oxygen atoms in total. The summed E-state index contributed by atoms with van der Waals surface area (Å²) in [5.74, 6) is 0.859. The summed E-state index contributed by atoms with van der Waals surface area (Å²) in [6.07, 6.45) is 4.25. The number of thiophene rings is 1. The number of amides is 1. The number of nitrogens with zero attached hydrogens (tertiary/aromatic N) is 1. The first-order chi connectivity index (χ1) is 9.16. The van der Waals surface area contributed by atoms with Crippen LogP contribution in [-0.2, 0) is 11.2 Å². The molecule has 20 heavy (non-hydrogen) atoms. The van der Waals surface area contributed by atoms with Gasteiger partial charge >= 0.3 is 0 Å². The van der Waals surface area contributed by atoms with Crippen molar-refractivity contribution in [1.29, 1.82) is 0 Å². The van der Waals surface area contributed by atoms with E-state index in [1.165, 1.54) is 10.4 Å². The van der Waals surface area contributed by atoms with Crippen LogP contribution in [0.25, 0.3) is 0 Å². The van der Waals surface area contributed by atoms with Crippen molar-refractivity contribution in [2.75, 3.05) is 13.1 Å². The fourth-order valence-electron chi connectivity index (χ4n) is 3.33. The molecule has 1 fully saturated rings. The minimum atomic E-state index is 0. The highest BCUT2D eigenvalue weighted by Crippen LogP contribution is 2.36. The van der Waals surface area contributed by atoms with Gasteiger partial charge in [-0.25, -0.2) is 0 Å². The van der Waals surface area contributed by atoms with Gasteiger partial charge in [0.25, 0.3) is 0 Å². The largest absolute Gasteiger partial charge is 0.342 e. The van der Waals surface area contributed by atoms with Gasteiger partial charge < -0.3 is 10.6 Å². The molecule has 0 saturated carbocycles. The second-order valence-electron chi connectivity index (χ2n) is 5.96. The lowest BCUT2D eigenvalue weighted by Crippen LogP contribution is -2.49. The third kappa shape index (κ3) is 2.87. The van der Waals surface area contributed by atoms with Crippen molar-refractivity contribution in [3.63, 3.8) is 0 Å². The van der Waals surface area contributed by atoms with Crippen molar-refractivity contribution in [2.45, 2.75) is 44.6 Å². The molecule has 1 aliphatic heterocycles. The number of carbonyl (C=O) groups excluding carboxylic acids is 1. The highest BCUT2D eigenvalue weighted by molar-refractivity contribution is 7.10. The number of piperidine rings is 1. The van der Waals surface area contributed by atoms with E-state index in [0.29, 0.717) is 11.8 Å². The predicted octanol–water partition coefficient (Wildman–Crippen LogP) is 2.79. The van der Waals surface area contributed by atoms with Crippen LogP contribution in [-0.4, -0.2) is 29.9 Å². The molecule has 3 unspecified atom stereocenters. The summed E-state index contributed by atoms with van der Waals surface area (Å²) in [7, 11) is 0. The highest BCUT2D eigenvalue weighted by atomic mass is 35.5. The average Bonchev–Trinajstić information content (AvgIpc) is 2.89. The third-order valence-electron chi connectivity index (χ3n) is 4.63. The Kier molecular flexibility index (Phi) is 5.10. The summed E-state index contributed by atoms with van der Waals surface area (Å²) in [5, 5.41) is 2.13. The van der Waals surface area contributed by atoms with Crippen molar-refractivity contribution in [3.8, 4) is 0 Å². The number of nitrogens with two attached hydrogens (primary N) is 1. The molecule has 0 radical (unpaired) electrons. The molecular formula is C15H23ClN2OS. The zero-order valence-corrected chi connectivity index (χ0v) is 13.5. The first-order valence-electron chi connectivity index (χ1n) is 7.27. The molecule has 2 N–H and O–H groups in total. The number of aryl methyl sites for hydroxylation is 1. The molecule has 112 valence electrons. The molecule has 3 rings (SSSR count). The van der Waals surface area contributed by atoms with Gasteiger partial charge in [-0.2, -0.15) is 0 Å². The molecule has 0 bridgehead atoms. The summed E-state index contributed by atoms with van der Waals surface area (Å²) >= 11 is 1.80. The van der Waals surface area contributed by atoms with E-state index in [9.17, 15) is 4.79 Å². The van der Waals surface area contributed by atoms with Crippen LogP contribution >= 0.6 is 23.7 Å². The zero-order chi connectivity index (χ0) is 13.4. The zero-order valence-electron chi connectivity index (χ0n) is 11.9. The van der Waals surface area contributed by atoms with Crippen LogP contribution in [0.5, 0.6) is 0 Å². The molecule has 1 saturated heterocycles. The topological polar surface area (TPSA) is 46.3 Å². The van der Waals surface area contributed by atoms with Crippen LogP contribution in [0, 0.1) is 5.92 Å². The van der Waals surface area contributed by atoms with E-state index in [0.717, 1.165) is 38.8 Å². The van der Waals surface area contributed by atoms with Gasteiger partial charge in [0.2, 0.25) is 5.91 Å². The maximum Gasteiger partial charge on any atom is 0.230 e. The first kappa shape index (κ1) is 15.8. The number of carbonyl (C=O) groups is 1. The number of halogens is 1. The molecule has 1 aromatic heterocycles. The highest BCUT2D eigenvalue weighted by Gasteiger charge is 2.33. The van der Waals surface area contributed by atoms with E-state index in [4.69, 9.17) is 5.73 Å². The minimum Gasteiger partial charge on any atom is -0.342 e. The Morgan fingerprint density at radius 3 is 3.00 bits per heavy atom. The van der Waals surface area contributed by atoms with Crippen LogP contribution in [0.1, 0.15) is 42.5 Å². The fraction of sp³-hybridized carbons (Fsp3) is 0.667. The summed E-state index contributed by atoms with van der Waals surface area (Å²) in [5.41, 5.74) is 7.34. The summed E-state index contributed by atoms with van der Waals surface area (Å²) < 4.78 is 0. The number of likely N-dealkylation sites (tertiary alicyclic amines) is 1. The lowest BCUT2D eigenvalue weighted by molar-refractivity contribution is -0.135. The molecule has 1 aromatic rings. The van der Waals surface area contributed by atoms with Crippen LogP contribution < -0.4 is 5.73 Å². The molecule has 3 atom stereocenters. The van der Waals surface area contributed by atoms with Gasteiger partial charge in [0.1, 0.15) is 0 Å². The van der Waals surface area contributed by atoms with Crippen molar-refractivity contribution in [2.24, 2.45) is 11.7 Å². The lowest BCUT2D eigenvalue weighted by atomic mass is 9.85. The number of rotatable bonds is 1. The van der Waals surface area contributed by atoms with Gasteiger partial charge in [0, 0.05) is 24.0 Å². The van der Waals surface area contributed by atoms with E-state index in [1.807, 2.05) is 4.90 Å². The van der Waals surface area contributed by atoms with Gasteiger partial charge in [-0.05, 0) is 48.6 Å². The van der Waals surface area contributed by atoms with Gasteiger partial charge in [-0.15, -0.1) is 23.7 Å². The maximum absolute atomic E-state index is 12.8. The normalized spacial score (nSPS) is 29.5. The second-order valence-corrected chi connectivity index (χ2v) is 6.96. The van der Waals surface area contributed by atoms with Crippen LogP contribution in [0.4, 0.5) is 0 Å². The van der Waals surface area contributed by atoms with Gasteiger partial charge in [-0.1, -0.05) is 6.92 Å². The first-order valence-corrected chi connectivity index (χ1v) is 8.15. The Labute approximate surface area is 130 Å². The molecule has 0 spiro atoms. The van der Waals surface area contributed by atoms with E-state index in [2.05, 4.69) is 18.4 Å². The summed E-state index contributed by atoms with van der Waals surface area (Å²) in [6.45, 7) is 3.82. The van der Waals surface area contributed by atoms with E-state index >= 15 is 0 Å². The van der Waals surface area contributed by atoms with Crippen LogP contribution in [0.15, 0.2) is 11.4 Å². The Morgan fingerprint density at radius 1 is 1.45 bits per heavy atom. The van der Waals surface area contributed by atoms with E-state index in [-0.39, 0.29) is 24.4 Å². The smallest absolute Gasteiger partial charge is 0.230 e.